The molecule has 144 valence electrons. The molecule has 3 N–H and O–H groups in total. The SMILES string of the molecule is COc1ccc([C@H](CC(=O)O)NC(=O)c2cc(O)n(-c3ccccc3)n2)cn1. The van der Waals surface area contributed by atoms with E-state index in [1.807, 2.05) is 6.07 Å². The highest BCUT2D eigenvalue weighted by atomic mass is 16.5. The van der Waals surface area contributed by atoms with Crippen molar-refractivity contribution in [1.82, 2.24) is 20.1 Å². The number of nitrogens with zero attached hydrogens (tertiary/aromatic N) is 3. The minimum Gasteiger partial charge on any atom is -0.493 e. The van der Waals surface area contributed by atoms with Gasteiger partial charge in [-0.3, -0.25) is 9.59 Å². The summed E-state index contributed by atoms with van der Waals surface area (Å²) in [5, 5.41) is 26.0. The van der Waals surface area contributed by atoms with Gasteiger partial charge in [-0.2, -0.15) is 5.10 Å². The summed E-state index contributed by atoms with van der Waals surface area (Å²) in [6.07, 6.45) is 1.10. The van der Waals surface area contributed by atoms with Gasteiger partial charge in [-0.05, 0) is 17.7 Å². The summed E-state index contributed by atoms with van der Waals surface area (Å²) in [7, 11) is 1.47. The largest absolute Gasteiger partial charge is 0.493 e. The average molecular weight is 382 g/mol. The van der Waals surface area contributed by atoms with Crippen LogP contribution in [0.3, 0.4) is 0 Å². The molecule has 9 nitrogen and oxygen atoms in total. The summed E-state index contributed by atoms with van der Waals surface area (Å²) in [6.45, 7) is 0. The van der Waals surface area contributed by atoms with Gasteiger partial charge in [0.1, 0.15) is 0 Å². The Kier molecular flexibility index (Phi) is 5.54. The lowest BCUT2D eigenvalue weighted by atomic mass is 10.1. The van der Waals surface area contributed by atoms with Crippen molar-refractivity contribution in [3.63, 3.8) is 0 Å². The number of carbonyl (C=O) groups is 2. The summed E-state index contributed by atoms with van der Waals surface area (Å²) in [6, 6.07) is 12.4. The molecule has 0 radical (unpaired) electrons. The second-order valence-corrected chi connectivity index (χ2v) is 5.89. The van der Waals surface area contributed by atoms with Gasteiger partial charge < -0.3 is 20.3 Å². The van der Waals surface area contributed by atoms with E-state index in [0.29, 0.717) is 17.1 Å². The fraction of sp³-hybridized carbons (Fsp3) is 0.158. The zero-order valence-corrected chi connectivity index (χ0v) is 14.9. The molecular formula is C19H18N4O5. The summed E-state index contributed by atoms with van der Waals surface area (Å²) >= 11 is 0. The molecule has 0 spiro atoms. The van der Waals surface area contributed by atoms with Crippen LogP contribution in [0.2, 0.25) is 0 Å². The van der Waals surface area contributed by atoms with Crippen LogP contribution in [-0.4, -0.2) is 44.0 Å². The van der Waals surface area contributed by atoms with Crippen LogP contribution in [0.5, 0.6) is 11.8 Å². The van der Waals surface area contributed by atoms with Crippen LogP contribution in [0, 0.1) is 0 Å². The van der Waals surface area contributed by atoms with Gasteiger partial charge in [0, 0.05) is 18.3 Å². The number of amides is 1. The van der Waals surface area contributed by atoms with E-state index >= 15 is 0 Å². The number of aliphatic carboxylic acids is 1. The first-order chi connectivity index (χ1) is 13.5. The van der Waals surface area contributed by atoms with Crippen molar-refractivity contribution < 1.29 is 24.5 Å². The van der Waals surface area contributed by atoms with Gasteiger partial charge in [0.15, 0.2) is 5.69 Å². The molecule has 0 aliphatic carbocycles. The Morgan fingerprint density at radius 1 is 1.21 bits per heavy atom. The quantitative estimate of drug-likeness (QED) is 0.570. The Hall–Kier alpha value is -3.88. The maximum Gasteiger partial charge on any atom is 0.305 e. The predicted octanol–water partition coefficient (Wildman–Crippen LogP) is 1.93. The minimum absolute atomic E-state index is 0.0433. The number of aromatic hydroxyl groups is 1. The summed E-state index contributed by atoms with van der Waals surface area (Å²) in [5.74, 6) is -1.54. The number of rotatable bonds is 7. The Labute approximate surface area is 160 Å². The number of para-hydroxylation sites is 1. The molecule has 1 atom stereocenters. The van der Waals surface area contributed by atoms with Crippen LogP contribution in [0.1, 0.15) is 28.5 Å². The average Bonchev–Trinajstić information content (AvgIpc) is 3.10. The smallest absolute Gasteiger partial charge is 0.305 e. The van der Waals surface area contributed by atoms with Crippen LogP contribution >= 0.6 is 0 Å². The van der Waals surface area contributed by atoms with Gasteiger partial charge in [0.25, 0.3) is 5.91 Å². The van der Waals surface area contributed by atoms with Gasteiger partial charge in [-0.25, -0.2) is 9.67 Å². The van der Waals surface area contributed by atoms with Gasteiger partial charge >= 0.3 is 5.97 Å². The van der Waals surface area contributed by atoms with E-state index < -0.39 is 17.9 Å². The van der Waals surface area contributed by atoms with Gasteiger partial charge in [0.2, 0.25) is 11.8 Å². The summed E-state index contributed by atoms with van der Waals surface area (Å²) in [4.78, 5) is 27.8. The molecule has 3 aromatic rings. The Morgan fingerprint density at radius 3 is 2.57 bits per heavy atom. The van der Waals surface area contributed by atoms with Crippen molar-refractivity contribution in [1.29, 1.82) is 0 Å². The highest BCUT2D eigenvalue weighted by molar-refractivity contribution is 5.93. The molecule has 0 fully saturated rings. The molecule has 3 rings (SSSR count). The molecule has 0 saturated heterocycles. The van der Waals surface area contributed by atoms with Gasteiger partial charge in [-0.15, -0.1) is 0 Å². The van der Waals surface area contributed by atoms with Crippen LogP contribution in [0.4, 0.5) is 0 Å². The van der Waals surface area contributed by atoms with Crippen LogP contribution in [0.25, 0.3) is 5.69 Å². The fourth-order valence-electron chi connectivity index (χ4n) is 2.62. The van der Waals surface area contributed by atoms with Crippen LogP contribution in [-0.2, 0) is 4.79 Å². The predicted molar refractivity (Wildman–Crippen MR) is 98.5 cm³/mol. The van der Waals surface area contributed by atoms with E-state index in [0.717, 1.165) is 0 Å². The first-order valence-corrected chi connectivity index (χ1v) is 8.35. The third-order valence-electron chi connectivity index (χ3n) is 3.98. The summed E-state index contributed by atoms with van der Waals surface area (Å²) < 4.78 is 6.20. The van der Waals surface area contributed by atoms with Gasteiger partial charge in [-0.1, -0.05) is 24.3 Å². The normalized spacial score (nSPS) is 11.6. The van der Waals surface area contributed by atoms with Crippen LogP contribution < -0.4 is 10.1 Å². The van der Waals surface area contributed by atoms with Crippen molar-refractivity contribution >= 4 is 11.9 Å². The molecular weight excluding hydrogens is 364 g/mol. The molecule has 1 amide bonds. The zero-order valence-electron chi connectivity index (χ0n) is 14.9. The molecule has 2 aromatic heterocycles. The number of benzene rings is 1. The fourth-order valence-corrected chi connectivity index (χ4v) is 2.62. The molecule has 2 heterocycles. The van der Waals surface area contributed by atoms with Crippen LogP contribution in [0.15, 0.2) is 54.7 Å². The van der Waals surface area contributed by atoms with E-state index in [1.165, 1.54) is 24.1 Å². The van der Waals surface area contributed by atoms with Gasteiger partial charge in [0.05, 0.1) is 25.3 Å². The highest BCUT2D eigenvalue weighted by Crippen LogP contribution is 2.21. The Morgan fingerprint density at radius 2 is 1.96 bits per heavy atom. The monoisotopic (exact) mass is 382 g/mol. The standard InChI is InChI=1S/C19H18N4O5/c1-28-16-8-7-12(11-20-16)14(10-18(25)26)21-19(27)15-9-17(24)23(22-15)13-5-3-2-4-6-13/h2-9,11,14,24H,10H2,1H3,(H,21,27)(H,25,26)/t14-/m0/s1. The molecule has 28 heavy (non-hydrogen) atoms. The third kappa shape index (κ3) is 4.26. The molecule has 0 bridgehead atoms. The first-order valence-electron chi connectivity index (χ1n) is 8.35. The van der Waals surface area contributed by atoms with Crippen molar-refractivity contribution in [3.05, 3.63) is 66.0 Å². The molecule has 9 heteroatoms. The Bertz CT molecular complexity index is 970. The maximum absolute atomic E-state index is 12.6. The van der Waals surface area contributed by atoms with Crippen molar-refractivity contribution in [2.45, 2.75) is 12.5 Å². The zero-order chi connectivity index (χ0) is 20.1. The number of hydrogen-bond donors (Lipinski definition) is 3. The number of nitrogens with one attached hydrogen (secondary N) is 1. The number of hydrogen-bond acceptors (Lipinski definition) is 6. The second kappa shape index (κ2) is 8.21. The van der Waals surface area contributed by atoms with Crippen molar-refractivity contribution in [2.24, 2.45) is 0 Å². The lowest BCUT2D eigenvalue weighted by molar-refractivity contribution is -0.137. The number of carboxylic acid groups (broad SMARTS) is 1. The second-order valence-electron chi connectivity index (χ2n) is 5.89. The molecule has 0 saturated carbocycles. The number of carbonyl (C=O) groups excluding carboxylic acids is 1. The highest BCUT2D eigenvalue weighted by Gasteiger charge is 2.22. The van der Waals surface area contributed by atoms with E-state index in [1.54, 1.807) is 36.4 Å². The summed E-state index contributed by atoms with van der Waals surface area (Å²) in [5.41, 5.74) is 1.04. The van der Waals surface area contributed by atoms with E-state index in [-0.39, 0.29) is 18.0 Å². The first kappa shape index (κ1) is 18.9. The van der Waals surface area contributed by atoms with Crippen molar-refractivity contribution in [3.8, 4) is 17.4 Å². The lowest BCUT2D eigenvalue weighted by Gasteiger charge is -2.16. The topological polar surface area (TPSA) is 127 Å². The van der Waals surface area contributed by atoms with E-state index in [9.17, 15) is 19.8 Å². The molecule has 0 unspecified atom stereocenters. The Balaban J connectivity index is 1.83. The van der Waals surface area contributed by atoms with E-state index in [2.05, 4.69) is 15.4 Å². The lowest BCUT2D eigenvalue weighted by Crippen LogP contribution is -2.30. The minimum atomic E-state index is -1.08. The molecule has 0 aliphatic heterocycles. The molecule has 0 aliphatic rings. The number of ether oxygens (including phenoxy) is 1. The number of pyridine rings is 1. The van der Waals surface area contributed by atoms with Crippen molar-refractivity contribution in [2.75, 3.05) is 7.11 Å². The molecule has 1 aromatic carbocycles. The third-order valence-corrected chi connectivity index (χ3v) is 3.98. The maximum atomic E-state index is 12.6. The number of aromatic nitrogens is 3. The number of carboxylic acids is 1. The van der Waals surface area contributed by atoms with E-state index in [4.69, 9.17) is 4.74 Å². The number of methoxy groups -OCH3 is 1.